The van der Waals surface area contributed by atoms with Gasteiger partial charge < -0.3 is 15.1 Å². The number of benzene rings is 1. The van der Waals surface area contributed by atoms with Crippen LogP contribution in [0, 0.1) is 5.92 Å². The lowest BCUT2D eigenvalue weighted by Gasteiger charge is -2.25. The highest BCUT2D eigenvalue weighted by molar-refractivity contribution is 6.18. The van der Waals surface area contributed by atoms with Gasteiger partial charge in [0, 0.05) is 30.1 Å². The van der Waals surface area contributed by atoms with Gasteiger partial charge in [-0.15, -0.1) is 11.6 Å². The Morgan fingerprint density at radius 2 is 2.00 bits per heavy atom. The molecule has 2 unspecified atom stereocenters. The van der Waals surface area contributed by atoms with E-state index in [1.165, 1.54) is 18.2 Å². The summed E-state index contributed by atoms with van der Waals surface area (Å²) in [6.45, 7) is 2.73. The fraction of sp³-hybridized carbons (Fsp3) is 0.462. The van der Waals surface area contributed by atoms with Crippen molar-refractivity contribution in [3.8, 4) is 11.5 Å². The van der Waals surface area contributed by atoms with Crippen molar-refractivity contribution in [1.29, 1.82) is 0 Å². The van der Waals surface area contributed by atoms with Crippen LogP contribution in [0.5, 0.6) is 11.5 Å². The summed E-state index contributed by atoms with van der Waals surface area (Å²) in [6.07, 6.45) is 0.925. The topological polar surface area (TPSA) is 60.8 Å². The van der Waals surface area contributed by atoms with Gasteiger partial charge in [-0.05, 0) is 24.5 Å². The monoisotopic (exact) mass is 269 g/mol. The summed E-state index contributed by atoms with van der Waals surface area (Å²) in [7, 11) is 0. The number of carbonyl (C=O) groups is 1. The van der Waals surface area contributed by atoms with Crippen molar-refractivity contribution in [3.05, 3.63) is 23.8 Å². The summed E-state index contributed by atoms with van der Waals surface area (Å²) in [5, 5.41) is 18.8. The molecule has 1 aliphatic rings. The van der Waals surface area contributed by atoms with E-state index >= 15 is 0 Å². The molecule has 1 fully saturated rings. The van der Waals surface area contributed by atoms with E-state index in [9.17, 15) is 15.0 Å². The van der Waals surface area contributed by atoms with Crippen LogP contribution in [0.2, 0.25) is 0 Å². The standard InChI is InChI=1S/C13H16ClNO3/c1-8-2-3-15(12(8)7-14)13(18)9-4-10(16)6-11(17)5-9/h4-6,8,12,16-17H,2-3,7H2,1H3. The number of carbonyl (C=O) groups excluding carboxylic acids is 1. The zero-order chi connectivity index (χ0) is 13.3. The molecule has 5 heteroatoms. The number of alkyl halides is 1. The zero-order valence-electron chi connectivity index (χ0n) is 10.1. The van der Waals surface area contributed by atoms with Crippen molar-refractivity contribution in [2.75, 3.05) is 12.4 Å². The summed E-state index contributed by atoms with van der Waals surface area (Å²) < 4.78 is 0. The lowest BCUT2D eigenvalue weighted by molar-refractivity contribution is 0.0736. The number of hydrogen-bond acceptors (Lipinski definition) is 3. The molecule has 1 aliphatic heterocycles. The van der Waals surface area contributed by atoms with Crippen LogP contribution in [-0.2, 0) is 0 Å². The number of amides is 1. The Morgan fingerprint density at radius 3 is 2.56 bits per heavy atom. The van der Waals surface area contributed by atoms with Crippen LogP contribution in [0.3, 0.4) is 0 Å². The minimum atomic E-state index is -0.198. The lowest BCUT2D eigenvalue weighted by atomic mass is 10.0. The van der Waals surface area contributed by atoms with Crippen LogP contribution in [-0.4, -0.2) is 39.5 Å². The molecule has 98 valence electrons. The van der Waals surface area contributed by atoms with Gasteiger partial charge in [0.15, 0.2) is 0 Å². The average Bonchev–Trinajstić information content (AvgIpc) is 2.68. The Hall–Kier alpha value is -1.42. The van der Waals surface area contributed by atoms with Gasteiger partial charge in [0.1, 0.15) is 11.5 Å². The summed E-state index contributed by atoms with van der Waals surface area (Å²) in [4.78, 5) is 14.0. The molecule has 0 aliphatic carbocycles. The fourth-order valence-corrected chi connectivity index (χ4v) is 2.85. The zero-order valence-corrected chi connectivity index (χ0v) is 10.9. The number of hydrogen-bond donors (Lipinski definition) is 2. The second-order valence-electron chi connectivity index (χ2n) is 4.72. The quantitative estimate of drug-likeness (QED) is 0.809. The number of phenols is 2. The van der Waals surface area contributed by atoms with Crippen molar-refractivity contribution in [2.45, 2.75) is 19.4 Å². The van der Waals surface area contributed by atoms with Gasteiger partial charge in [0.2, 0.25) is 0 Å². The van der Waals surface area contributed by atoms with Crippen molar-refractivity contribution in [2.24, 2.45) is 5.92 Å². The van der Waals surface area contributed by atoms with E-state index < -0.39 is 0 Å². The molecule has 0 saturated carbocycles. The first kappa shape index (κ1) is 13.0. The Morgan fingerprint density at radius 1 is 1.39 bits per heavy atom. The molecule has 2 atom stereocenters. The predicted molar refractivity (Wildman–Crippen MR) is 69.1 cm³/mol. The van der Waals surface area contributed by atoms with Crippen LogP contribution in [0.4, 0.5) is 0 Å². The predicted octanol–water partition coefficient (Wildman–Crippen LogP) is 2.19. The third-order valence-electron chi connectivity index (χ3n) is 3.45. The molecule has 1 aromatic rings. The van der Waals surface area contributed by atoms with Gasteiger partial charge in [-0.25, -0.2) is 0 Å². The van der Waals surface area contributed by atoms with Gasteiger partial charge in [-0.2, -0.15) is 0 Å². The SMILES string of the molecule is CC1CCN(C(=O)c2cc(O)cc(O)c2)C1CCl. The summed E-state index contributed by atoms with van der Waals surface area (Å²) in [6, 6.07) is 3.93. The largest absolute Gasteiger partial charge is 0.508 e. The van der Waals surface area contributed by atoms with Crippen molar-refractivity contribution >= 4 is 17.5 Å². The highest BCUT2D eigenvalue weighted by Crippen LogP contribution is 2.28. The molecule has 0 radical (unpaired) electrons. The normalized spacial score (nSPS) is 23.3. The molecule has 0 spiro atoms. The summed E-state index contributed by atoms with van der Waals surface area (Å²) in [5.74, 6) is 0.340. The molecular weight excluding hydrogens is 254 g/mol. The molecule has 0 bridgehead atoms. The van der Waals surface area contributed by atoms with Gasteiger partial charge in [-0.1, -0.05) is 6.92 Å². The average molecular weight is 270 g/mol. The molecule has 1 saturated heterocycles. The van der Waals surface area contributed by atoms with Crippen LogP contribution in [0.1, 0.15) is 23.7 Å². The van der Waals surface area contributed by atoms with Gasteiger partial charge >= 0.3 is 0 Å². The van der Waals surface area contributed by atoms with E-state index in [0.717, 1.165) is 6.42 Å². The van der Waals surface area contributed by atoms with E-state index in [2.05, 4.69) is 6.92 Å². The fourth-order valence-electron chi connectivity index (χ4n) is 2.38. The maximum atomic E-state index is 12.3. The second kappa shape index (κ2) is 5.06. The first-order valence-corrected chi connectivity index (χ1v) is 6.46. The van der Waals surface area contributed by atoms with E-state index in [4.69, 9.17) is 11.6 Å². The van der Waals surface area contributed by atoms with Gasteiger partial charge in [0.05, 0.1) is 0 Å². The molecule has 2 N–H and O–H groups in total. The van der Waals surface area contributed by atoms with Gasteiger partial charge in [0.25, 0.3) is 5.91 Å². The van der Waals surface area contributed by atoms with Gasteiger partial charge in [-0.3, -0.25) is 4.79 Å². The maximum Gasteiger partial charge on any atom is 0.254 e. The van der Waals surface area contributed by atoms with Crippen LogP contribution in [0.25, 0.3) is 0 Å². The molecule has 4 nitrogen and oxygen atoms in total. The minimum Gasteiger partial charge on any atom is -0.508 e. The molecule has 2 rings (SSSR count). The molecule has 1 aromatic carbocycles. The molecular formula is C13H16ClNO3. The van der Waals surface area contributed by atoms with E-state index in [-0.39, 0.29) is 29.0 Å². The molecule has 0 aromatic heterocycles. The first-order chi connectivity index (χ1) is 8.52. The summed E-state index contributed by atoms with van der Waals surface area (Å²) in [5.41, 5.74) is 0.289. The maximum absolute atomic E-state index is 12.3. The van der Waals surface area contributed by atoms with Crippen LogP contribution < -0.4 is 0 Å². The second-order valence-corrected chi connectivity index (χ2v) is 5.03. The number of nitrogens with zero attached hydrogens (tertiary/aromatic N) is 1. The Labute approximate surface area is 111 Å². The molecule has 1 heterocycles. The number of halogens is 1. The number of rotatable bonds is 2. The minimum absolute atomic E-state index is 0.0173. The smallest absolute Gasteiger partial charge is 0.254 e. The van der Waals surface area contributed by atoms with Crippen molar-refractivity contribution in [1.82, 2.24) is 4.90 Å². The summed E-state index contributed by atoms with van der Waals surface area (Å²) >= 11 is 5.90. The Balaban J connectivity index is 2.25. The number of likely N-dealkylation sites (tertiary alicyclic amines) is 1. The van der Waals surface area contributed by atoms with E-state index in [1.807, 2.05) is 0 Å². The third kappa shape index (κ3) is 2.38. The van der Waals surface area contributed by atoms with Crippen LogP contribution >= 0.6 is 11.6 Å². The molecule has 1 amide bonds. The first-order valence-electron chi connectivity index (χ1n) is 5.93. The highest BCUT2D eigenvalue weighted by atomic mass is 35.5. The van der Waals surface area contributed by atoms with Crippen LogP contribution in [0.15, 0.2) is 18.2 Å². The number of aromatic hydroxyl groups is 2. The highest BCUT2D eigenvalue weighted by Gasteiger charge is 2.34. The third-order valence-corrected chi connectivity index (χ3v) is 3.77. The van der Waals surface area contributed by atoms with E-state index in [1.54, 1.807) is 4.90 Å². The Kier molecular flexibility index (Phi) is 3.66. The Bertz CT molecular complexity index is 443. The van der Waals surface area contributed by atoms with Crippen molar-refractivity contribution < 1.29 is 15.0 Å². The lowest BCUT2D eigenvalue weighted by Crippen LogP contribution is -2.38. The number of phenolic OH excluding ortho intramolecular Hbond substituents is 2. The molecule has 18 heavy (non-hydrogen) atoms. The van der Waals surface area contributed by atoms with Crippen molar-refractivity contribution in [3.63, 3.8) is 0 Å². The van der Waals surface area contributed by atoms with E-state index in [0.29, 0.717) is 18.3 Å².